The van der Waals surface area contributed by atoms with Gasteiger partial charge in [0.25, 0.3) is 5.56 Å². The number of hydrogen-bond donors (Lipinski definition) is 3. The molecule has 174 valence electrons. The first-order chi connectivity index (χ1) is 14.8. The molecule has 1 aromatic heterocycles. The number of nitrogens with one attached hydrogen (secondary N) is 2. The molecular formula is C23H29ClN2O5S. The first-order valence-corrected chi connectivity index (χ1v) is 11.8. The van der Waals surface area contributed by atoms with Crippen LogP contribution in [0.2, 0.25) is 0 Å². The number of ether oxygens (including phenoxy) is 2. The molecule has 4 rings (SSSR count). The molecule has 1 aliphatic carbocycles. The number of aromatic amines is 1. The Labute approximate surface area is 197 Å². The highest BCUT2D eigenvalue weighted by Gasteiger charge is 2.37. The molecule has 32 heavy (non-hydrogen) atoms. The monoisotopic (exact) mass is 480 g/mol. The van der Waals surface area contributed by atoms with Crippen molar-refractivity contribution >= 4 is 30.1 Å². The predicted molar refractivity (Wildman–Crippen MR) is 128 cm³/mol. The number of benzene rings is 1. The number of carboxylic acids is 1. The van der Waals surface area contributed by atoms with Gasteiger partial charge in [0.05, 0.1) is 11.1 Å². The van der Waals surface area contributed by atoms with Gasteiger partial charge in [-0.3, -0.25) is 4.79 Å². The van der Waals surface area contributed by atoms with E-state index in [0.717, 1.165) is 36.3 Å². The number of rotatable bonds is 5. The highest BCUT2D eigenvalue weighted by atomic mass is 35.5. The zero-order valence-corrected chi connectivity index (χ0v) is 20.2. The van der Waals surface area contributed by atoms with Crippen LogP contribution in [0.5, 0.6) is 11.5 Å². The molecule has 0 radical (unpaired) electrons. The Morgan fingerprint density at radius 1 is 1.19 bits per heavy atom. The van der Waals surface area contributed by atoms with Gasteiger partial charge in [0, 0.05) is 33.7 Å². The van der Waals surface area contributed by atoms with Crippen molar-refractivity contribution in [1.82, 2.24) is 10.3 Å². The smallest absolute Gasteiger partial charge is 0.336 e. The Kier molecular flexibility index (Phi) is 7.47. The number of thioether (sulfide) groups is 1. The van der Waals surface area contributed by atoms with E-state index in [9.17, 15) is 14.7 Å². The van der Waals surface area contributed by atoms with Gasteiger partial charge in [-0.15, -0.1) is 24.2 Å². The molecule has 0 saturated heterocycles. The van der Waals surface area contributed by atoms with Crippen molar-refractivity contribution in [2.45, 2.75) is 56.8 Å². The van der Waals surface area contributed by atoms with Gasteiger partial charge in [-0.1, -0.05) is 0 Å². The maximum Gasteiger partial charge on any atom is 0.336 e. The standard InChI is InChI=1S/C23H28N2O5S.ClH/c1-11-9-17(31-4)19(21(26)25-11)15-10-16-20(12(2)18(15)22(27)28)30-23(29-16)13-5-7-14(24-3)8-6-13;/h9-10,13-14,23-24H,5-8H2,1-4H3,(H,25,26)(H,27,28);1H. The first kappa shape index (κ1) is 24.5. The molecule has 2 aliphatic rings. The molecule has 1 unspecified atom stereocenters. The summed E-state index contributed by atoms with van der Waals surface area (Å²) in [5.74, 6) is 0.128. The summed E-state index contributed by atoms with van der Waals surface area (Å²) in [6.45, 7) is 3.53. The SMILES string of the molecule is CNC1CCC(C2Oc3cc(-c4c(SC)cc(C)[nH]c4=O)c(C(=O)O)c(C)c3O2)CC1.Cl. The molecule has 3 N–H and O–H groups in total. The van der Waals surface area contributed by atoms with Crippen LogP contribution in [-0.2, 0) is 0 Å². The van der Waals surface area contributed by atoms with Crippen LogP contribution in [0, 0.1) is 19.8 Å². The topological polar surface area (TPSA) is 101 Å². The lowest BCUT2D eigenvalue weighted by Crippen LogP contribution is -2.37. The first-order valence-electron chi connectivity index (χ1n) is 10.5. The molecule has 7 nitrogen and oxygen atoms in total. The quantitative estimate of drug-likeness (QED) is 0.546. The van der Waals surface area contributed by atoms with E-state index in [1.807, 2.05) is 19.4 Å². The molecule has 0 amide bonds. The molecule has 2 aromatic rings. The zero-order chi connectivity index (χ0) is 22.3. The van der Waals surface area contributed by atoms with Crippen molar-refractivity contribution in [3.05, 3.63) is 39.3 Å². The minimum absolute atomic E-state index is 0. The number of carbonyl (C=O) groups is 1. The van der Waals surface area contributed by atoms with E-state index in [-0.39, 0.29) is 29.4 Å². The maximum absolute atomic E-state index is 12.8. The third-order valence-corrected chi connectivity index (χ3v) is 7.12. The Bertz CT molecular complexity index is 1080. The van der Waals surface area contributed by atoms with Crippen molar-refractivity contribution in [2.24, 2.45) is 5.92 Å². The molecule has 0 bridgehead atoms. The number of aryl methyl sites for hydroxylation is 1. The maximum atomic E-state index is 12.8. The summed E-state index contributed by atoms with van der Waals surface area (Å²) in [6, 6.07) is 4.03. The predicted octanol–water partition coefficient (Wildman–Crippen LogP) is 4.38. The van der Waals surface area contributed by atoms with Gasteiger partial charge >= 0.3 is 5.97 Å². The Morgan fingerprint density at radius 2 is 1.88 bits per heavy atom. The summed E-state index contributed by atoms with van der Waals surface area (Å²) in [7, 11) is 1.98. The van der Waals surface area contributed by atoms with Crippen LogP contribution in [0.4, 0.5) is 0 Å². The fourth-order valence-corrected chi connectivity index (χ4v) is 5.39. The number of H-pyrrole nitrogens is 1. The minimum Gasteiger partial charge on any atom is -0.478 e. The van der Waals surface area contributed by atoms with E-state index in [0.29, 0.717) is 34.2 Å². The summed E-state index contributed by atoms with van der Waals surface area (Å²) < 4.78 is 12.3. The zero-order valence-electron chi connectivity index (χ0n) is 18.6. The van der Waals surface area contributed by atoms with E-state index < -0.39 is 12.3 Å². The van der Waals surface area contributed by atoms with Gasteiger partial charge < -0.3 is 24.9 Å². The number of halogens is 1. The molecule has 1 aromatic carbocycles. The third kappa shape index (κ3) is 4.36. The summed E-state index contributed by atoms with van der Waals surface area (Å²) in [5.41, 5.74) is 1.68. The van der Waals surface area contributed by atoms with Crippen molar-refractivity contribution < 1.29 is 19.4 Å². The lowest BCUT2D eigenvalue weighted by atomic mass is 9.85. The van der Waals surface area contributed by atoms with Crippen molar-refractivity contribution in [2.75, 3.05) is 13.3 Å². The molecule has 9 heteroatoms. The van der Waals surface area contributed by atoms with E-state index >= 15 is 0 Å². The number of hydrogen-bond acceptors (Lipinski definition) is 6. The number of pyridine rings is 1. The molecular weight excluding hydrogens is 452 g/mol. The molecule has 2 heterocycles. The third-order valence-electron chi connectivity index (χ3n) is 6.36. The lowest BCUT2D eigenvalue weighted by molar-refractivity contribution is -0.0203. The van der Waals surface area contributed by atoms with Crippen LogP contribution in [0.1, 0.15) is 47.3 Å². The molecule has 1 aliphatic heterocycles. The summed E-state index contributed by atoms with van der Waals surface area (Å²) in [6.07, 6.45) is 5.52. The van der Waals surface area contributed by atoms with Crippen LogP contribution in [0.3, 0.4) is 0 Å². The van der Waals surface area contributed by atoms with Crippen molar-refractivity contribution in [3.8, 4) is 22.6 Å². The Balaban J connectivity index is 0.00000289. The number of aromatic carboxylic acids is 1. The van der Waals surface area contributed by atoms with Crippen LogP contribution < -0.4 is 20.3 Å². The largest absolute Gasteiger partial charge is 0.478 e. The van der Waals surface area contributed by atoms with Gasteiger partial charge in [0.1, 0.15) is 0 Å². The second kappa shape index (κ2) is 9.77. The normalized spacial score (nSPS) is 21.8. The van der Waals surface area contributed by atoms with Gasteiger partial charge in [0.15, 0.2) is 11.5 Å². The second-order valence-electron chi connectivity index (χ2n) is 8.29. The highest BCUT2D eigenvalue weighted by molar-refractivity contribution is 7.98. The average molecular weight is 481 g/mol. The summed E-state index contributed by atoms with van der Waals surface area (Å²) in [5, 5.41) is 13.3. The highest BCUT2D eigenvalue weighted by Crippen LogP contribution is 2.47. The van der Waals surface area contributed by atoms with E-state index in [1.165, 1.54) is 11.8 Å². The van der Waals surface area contributed by atoms with Crippen LogP contribution in [0.15, 0.2) is 21.8 Å². The van der Waals surface area contributed by atoms with Crippen molar-refractivity contribution in [1.29, 1.82) is 0 Å². The van der Waals surface area contributed by atoms with Crippen LogP contribution in [-0.4, -0.2) is 41.7 Å². The Morgan fingerprint density at radius 3 is 2.47 bits per heavy atom. The van der Waals surface area contributed by atoms with Gasteiger partial charge in [-0.05, 0) is 65.0 Å². The van der Waals surface area contributed by atoms with Crippen LogP contribution >= 0.6 is 24.2 Å². The fourth-order valence-electron chi connectivity index (χ4n) is 4.69. The Hall–Kier alpha value is -2.16. The average Bonchev–Trinajstić information content (AvgIpc) is 3.17. The van der Waals surface area contributed by atoms with Crippen LogP contribution in [0.25, 0.3) is 11.1 Å². The molecule has 1 saturated carbocycles. The van der Waals surface area contributed by atoms with Crippen molar-refractivity contribution in [3.63, 3.8) is 0 Å². The van der Waals surface area contributed by atoms with Gasteiger partial charge in [-0.2, -0.15) is 0 Å². The summed E-state index contributed by atoms with van der Waals surface area (Å²) >= 11 is 1.41. The number of fused-ring (bicyclic) bond motifs is 1. The second-order valence-corrected chi connectivity index (χ2v) is 9.13. The minimum atomic E-state index is -1.09. The van der Waals surface area contributed by atoms with Gasteiger partial charge in [0.2, 0.25) is 6.29 Å². The lowest BCUT2D eigenvalue weighted by Gasteiger charge is -2.30. The fraction of sp³-hybridized carbons (Fsp3) is 0.478. The van der Waals surface area contributed by atoms with E-state index in [4.69, 9.17) is 9.47 Å². The molecule has 0 spiro atoms. The van der Waals surface area contributed by atoms with Gasteiger partial charge in [-0.25, -0.2) is 4.79 Å². The van der Waals surface area contributed by atoms with E-state index in [2.05, 4.69) is 10.3 Å². The molecule has 1 atom stereocenters. The molecule has 1 fully saturated rings. The van der Waals surface area contributed by atoms with E-state index in [1.54, 1.807) is 19.9 Å². The number of carboxylic acid groups (broad SMARTS) is 1. The summed E-state index contributed by atoms with van der Waals surface area (Å²) in [4.78, 5) is 28.6. The number of aromatic nitrogens is 1.